The fraction of sp³-hybridized carbons (Fsp3) is 0.267. The van der Waals surface area contributed by atoms with Gasteiger partial charge in [-0.15, -0.1) is 10.2 Å². The Hall–Kier alpha value is -4.86. The lowest BCUT2D eigenvalue weighted by Gasteiger charge is -2.36. The highest BCUT2D eigenvalue weighted by atomic mass is 16.5. The summed E-state index contributed by atoms with van der Waals surface area (Å²) in [6, 6.07) is 21.9. The molecule has 0 spiro atoms. The highest BCUT2D eigenvalue weighted by molar-refractivity contribution is 5.96. The smallest absolute Gasteiger partial charge is 0.254 e. The number of hydrogen-bond acceptors (Lipinski definition) is 8. The summed E-state index contributed by atoms with van der Waals surface area (Å²) in [6.07, 6.45) is 1.56. The van der Waals surface area contributed by atoms with Crippen LogP contribution < -0.4 is 14.4 Å². The summed E-state index contributed by atoms with van der Waals surface area (Å²) in [5.74, 6) is 2.39. The van der Waals surface area contributed by atoms with Crippen molar-refractivity contribution in [2.75, 3.05) is 51.8 Å². The number of anilines is 1. The first-order chi connectivity index (χ1) is 19.6. The zero-order chi connectivity index (χ0) is 27.9. The summed E-state index contributed by atoms with van der Waals surface area (Å²) >= 11 is 0. The predicted octanol–water partition coefficient (Wildman–Crippen LogP) is 3.75. The Morgan fingerprint density at radius 2 is 1.70 bits per heavy atom. The quantitative estimate of drug-likeness (QED) is 0.316. The topological polar surface area (TPSA) is 101 Å². The van der Waals surface area contributed by atoms with Crippen LogP contribution in [-0.2, 0) is 11.3 Å². The summed E-state index contributed by atoms with van der Waals surface area (Å²) in [7, 11) is 3.21. The molecule has 0 bridgehead atoms. The van der Waals surface area contributed by atoms with Crippen LogP contribution in [0.4, 0.5) is 5.82 Å². The molecule has 2 aromatic heterocycles. The van der Waals surface area contributed by atoms with Crippen LogP contribution in [0.3, 0.4) is 0 Å². The molecule has 1 aliphatic rings. The third-order valence-electron chi connectivity index (χ3n) is 6.85. The van der Waals surface area contributed by atoms with Crippen LogP contribution >= 0.6 is 0 Å². The van der Waals surface area contributed by atoms with Gasteiger partial charge in [0.15, 0.2) is 5.82 Å². The van der Waals surface area contributed by atoms with Gasteiger partial charge in [0, 0.05) is 43.4 Å². The van der Waals surface area contributed by atoms with Crippen molar-refractivity contribution >= 4 is 17.6 Å². The molecular weight excluding hydrogens is 510 g/mol. The van der Waals surface area contributed by atoms with E-state index in [2.05, 4.69) is 15.1 Å². The summed E-state index contributed by atoms with van der Waals surface area (Å²) in [6.45, 7) is 2.43. The van der Waals surface area contributed by atoms with E-state index in [4.69, 9.17) is 13.9 Å². The van der Waals surface area contributed by atoms with Gasteiger partial charge in [0.25, 0.3) is 5.91 Å². The number of benzene rings is 2. The highest BCUT2D eigenvalue weighted by Gasteiger charge is 2.26. The van der Waals surface area contributed by atoms with Crippen LogP contribution in [0, 0.1) is 0 Å². The van der Waals surface area contributed by atoms with E-state index >= 15 is 0 Å². The minimum absolute atomic E-state index is 0.0351. The highest BCUT2D eigenvalue weighted by Crippen LogP contribution is 2.32. The minimum atomic E-state index is -0.215. The van der Waals surface area contributed by atoms with Crippen LogP contribution in [0.1, 0.15) is 16.1 Å². The van der Waals surface area contributed by atoms with Crippen molar-refractivity contribution in [1.82, 2.24) is 20.0 Å². The number of furan rings is 1. The third-order valence-corrected chi connectivity index (χ3v) is 6.85. The predicted molar refractivity (Wildman–Crippen MR) is 149 cm³/mol. The maximum atomic E-state index is 13.3. The fourth-order valence-corrected chi connectivity index (χ4v) is 4.65. The molecule has 0 unspecified atom stereocenters. The van der Waals surface area contributed by atoms with Crippen molar-refractivity contribution < 1.29 is 23.5 Å². The average molecular weight is 542 g/mol. The van der Waals surface area contributed by atoms with Crippen LogP contribution in [0.15, 0.2) is 83.5 Å². The Kier molecular flexibility index (Phi) is 8.24. The van der Waals surface area contributed by atoms with Crippen LogP contribution in [-0.4, -0.2) is 78.8 Å². The van der Waals surface area contributed by atoms with Gasteiger partial charge < -0.3 is 28.6 Å². The lowest BCUT2D eigenvalue weighted by molar-refractivity contribution is -0.132. The van der Waals surface area contributed by atoms with E-state index in [1.165, 1.54) is 4.90 Å². The molecule has 0 atom stereocenters. The zero-order valence-electron chi connectivity index (χ0n) is 22.5. The van der Waals surface area contributed by atoms with E-state index < -0.39 is 0 Å². The Balaban J connectivity index is 1.21. The van der Waals surface area contributed by atoms with E-state index in [9.17, 15) is 9.59 Å². The van der Waals surface area contributed by atoms with Crippen molar-refractivity contribution in [3.05, 3.63) is 90.4 Å². The normalized spacial score (nSPS) is 13.2. The van der Waals surface area contributed by atoms with Crippen molar-refractivity contribution in [2.45, 2.75) is 6.54 Å². The Morgan fingerprint density at radius 1 is 0.900 bits per heavy atom. The zero-order valence-corrected chi connectivity index (χ0v) is 22.5. The SMILES string of the molecule is COc1ccc(-c2ccc(N3CCN(C(=O)CN(Cc4ccco4)C(=O)c4ccccc4)CC3)nn2)c(OC)c1. The number of nitrogens with zero attached hydrogens (tertiary/aromatic N) is 5. The standard InChI is InChI=1S/C30H31N5O5/c1-38-23-10-11-25(27(19-23)39-2)26-12-13-28(32-31-26)33-14-16-34(17-15-33)29(36)21-35(20-24-9-6-18-40-24)30(37)22-7-4-3-5-8-22/h3-13,18-19H,14-17,20-21H2,1-2H3. The maximum Gasteiger partial charge on any atom is 0.254 e. The Labute approximate surface area is 232 Å². The fourth-order valence-electron chi connectivity index (χ4n) is 4.65. The minimum Gasteiger partial charge on any atom is -0.497 e. The maximum absolute atomic E-state index is 13.3. The Bertz CT molecular complexity index is 1420. The van der Waals surface area contributed by atoms with Crippen molar-refractivity contribution in [2.24, 2.45) is 0 Å². The van der Waals surface area contributed by atoms with Gasteiger partial charge in [-0.1, -0.05) is 18.2 Å². The molecule has 10 heteroatoms. The number of hydrogen-bond donors (Lipinski definition) is 0. The summed E-state index contributed by atoms with van der Waals surface area (Å²) < 4.78 is 16.2. The van der Waals surface area contributed by atoms with Crippen LogP contribution in [0.2, 0.25) is 0 Å². The van der Waals surface area contributed by atoms with Gasteiger partial charge in [0.2, 0.25) is 5.91 Å². The van der Waals surface area contributed by atoms with Gasteiger partial charge >= 0.3 is 0 Å². The van der Waals surface area contributed by atoms with Gasteiger partial charge in [-0.05, 0) is 48.5 Å². The molecule has 1 fully saturated rings. The van der Waals surface area contributed by atoms with E-state index in [-0.39, 0.29) is 24.9 Å². The van der Waals surface area contributed by atoms with Crippen LogP contribution in [0.25, 0.3) is 11.3 Å². The second kappa shape index (κ2) is 12.3. The summed E-state index contributed by atoms with van der Waals surface area (Å²) in [5, 5.41) is 8.86. The first-order valence-corrected chi connectivity index (χ1v) is 13.0. The molecule has 1 saturated heterocycles. The van der Waals surface area contributed by atoms with Gasteiger partial charge in [0.1, 0.15) is 23.8 Å². The van der Waals surface area contributed by atoms with E-state index in [0.717, 1.165) is 11.4 Å². The molecule has 3 heterocycles. The molecule has 0 aliphatic carbocycles. The Morgan fingerprint density at radius 3 is 2.35 bits per heavy atom. The lowest BCUT2D eigenvalue weighted by Crippen LogP contribution is -2.52. The molecule has 10 nitrogen and oxygen atoms in total. The molecule has 1 aliphatic heterocycles. The second-order valence-electron chi connectivity index (χ2n) is 9.32. The molecular formula is C30H31N5O5. The van der Waals surface area contributed by atoms with Crippen molar-refractivity contribution in [1.29, 1.82) is 0 Å². The molecule has 0 radical (unpaired) electrons. The van der Waals surface area contributed by atoms with Gasteiger partial charge in [-0.2, -0.15) is 0 Å². The molecule has 2 amide bonds. The first-order valence-electron chi connectivity index (χ1n) is 13.0. The van der Waals surface area contributed by atoms with Crippen molar-refractivity contribution in [3.63, 3.8) is 0 Å². The number of piperazine rings is 1. The molecule has 206 valence electrons. The monoisotopic (exact) mass is 541 g/mol. The number of ether oxygens (including phenoxy) is 2. The number of methoxy groups -OCH3 is 2. The van der Waals surface area contributed by atoms with Crippen molar-refractivity contribution in [3.8, 4) is 22.8 Å². The molecule has 40 heavy (non-hydrogen) atoms. The van der Waals surface area contributed by atoms with E-state index in [0.29, 0.717) is 54.7 Å². The molecule has 0 saturated carbocycles. The third kappa shape index (κ3) is 6.06. The number of amides is 2. The second-order valence-corrected chi connectivity index (χ2v) is 9.32. The number of rotatable bonds is 9. The molecule has 2 aromatic carbocycles. The van der Waals surface area contributed by atoms with Gasteiger partial charge in [-0.3, -0.25) is 9.59 Å². The number of carbonyl (C=O) groups is 2. The molecule has 4 aromatic rings. The number of aromatic nitrogens is 2. The van der Waals surface area contributed by atoms with E-state index in [1.54, 1.807) is 49.6 Å². The molecule has 5 rings (SSSR count). The summed E-state index contributed by atoms with van der Waals surface area (Å²) in [4.78, 5) is 31.9. The van der Waals surface area contributed by atoms with E-state index in [1.807, 2.05) is 48.5 Å². The summed E-state index contributed by atoms with van der Waals surface area (Å²) in [5.41, 5.74) is 2.04. The van der Waals surface area contributed by atoms with Crippen LogP contribution in [0.5, 0.6) is 11.5 Å². The average Bonchev–Trinajstić information content (AvgIpc) is 3.54. The lowest BCUT2D eigenvalue weighted by atomic mass is 10.1. The molecule has 0 N–H and O–H groups in total. The van der Waals surface area contributed by atoms with Gasteiger partial charge in [-0.25, -0.2) is 0 Å². The van der Waals surface area contributed by atoms with Gasteiger partial charge in [0.05, 0.1) is 32.7 Å². The largest absolute Gasteiger partial charge is 0.497 e. The number of carbonyl (C=O) groups excluding carboxylic acids is 2. The first kappa shape index (κ1) is 26.7.